The van der Waals surface area contributed by atoms with E-state index in [1.807, 2.05) is 5.10 Å². The molecule has 1 aromatic heterocycles. The Hall–Kier alpha value is -1.11. The normalized spacial score (nSPS) is 17.0. The third-order valence-corrected chi connectivity index (χ3v) is 1.79. The zero-order valence-corrected chi connectivity index (χ0v) is 6.76. The Morgan fingerprint density at radius 1 is 1.54 bits per heavy atom. The summed E-state index contributed by atoms with van der Waals surface area (Å²) in [7, 11) is 0. The zero-order valence-electron chi connectivity index (χ0n) is 6.76. The van der Waals surface area contributed by atoms with Crippen LogP contribution in [-0.2, 0) is 5.60 Å². The Bertz CT molecular complexity index is 271. The van der Waals surface area contributed by atoms with Crippen LogP contribution in [0.4, 0.5) is 13.2 Å². The molecule has 0 saturated heterocycles. The van der Waals surface area contributed by atoms with Crippen LogP contribution in [0, 0.1) is 0 Å². The van der Waals surface area contributed by atoms with Gasteiger partial charge >= 0.3 is 6.18 Å². The highest BCUT2D eigenvalue weighted by Gasteiger charge is 2.55. The van der Waals surface area contributed by atoms with Crippen molar-refractivity contribution in [3.05, 3.63) is 12.2 Å². The van der Waals surface area contributed by atoms with Crippen molar-refractivity contribution in [1.29, 1.82) is 0 Å². The van der Waals surface area contributed by atoms with E-state index in [0.717, 1.165) is 6.33 Å². The first-order chi connectivity index (χ1) is 5.92. The summed E-state index contributed by atoms with van der Waals surface area (Å²) >= 11 is 0. The van der Waals surface area contributed by atoms with E-state index in [1.165, 1.54) is 6.92 Å². The summed E-state index contributed by atoms with van der Waals surface area (Å²) in [4.78, 5) is 3.29. The molecule has 2 N–H and O–H groups in total. The molecule has 0 spiro atoms. The van der Waals surface area contributed by atoms with Crippen molar-refractivity contribution in [2.75, 3.05) is 0 Å². The van der Waals surface area contributed by atoms with Gasteiger partial charge < -0.3 is 5.11 Å². The van der Waals surface area contributed by atoms with Crippen molar-refractivity contribution in [2.45, 2.75) is 25.1 Å². The van der Waals surface area contributed by atoms with Crippen molar-refractivity contribution in [3.63, 3.8) is 0 Å². The van der Waals surface area contributed by atoms with Crippen LogP contribution in [0.25, 0.3) is 0 Å². The molecule has 7 heteroatoms. The van der Waals surface area contributed by atoms with Crippen molar-refractivity contribution in [2.24, 2.45) is 0 Å². The fraction of sp³-hybridized carbons (Fsp3) is 0.667. The van der Waals surface area contributed by atoms with Crippen molar-refractivity contribution >= 4 is 0 Å². The van der Waals surface area contributed by atoms with Crippen molar-refractivity contribution < 1.29 is 18.3 Å². The number of aromatic amines is 1. The lowest BCUT2D eigenvalue weighted by atomic mass is 9.99. The Kier molecular flexibility index (Phi) is 2.29. The van der Waals surface area contributed by atoms with E-state index in [4.69, 9.17) is 0 Å². The molecule has 0 bridgehead atoms. The average Bonchev–Trinajstić information content (AvgIpc) is 2.52. The SMILES string of the molecule is CCC(O)(c1ncn[nH]1)C(F)(F)F. The van der Waals surface area contributed by atoms with E-state index < -0.39 is 24.0 Å². The predicted molar refractivity (Wildman–Crippen MR) is 36.6 cm³/mol. The van der Waals surface area contributed by atoms with Crippen LogP contribution in [0.2, 0.25) is 0 Å². The summed E-state index contributed by atoms with van der Waals surface area (Å²) in [5.74, 6) is -0.581. The van der Waals surface area contributed by atoms with Gasteiger partial charge in [0.15, 0.2) is 5.82 Å². The summed E-state index contributed by atoms with van der Waals surface area (Å²) in [5.41, 5.74) is -2.93. The zero-order chi connectivity index (χ0) is 10.1. The summed E-state index contributed by atoms with van der Waals surface area (Å²) < 4.78 is 37.0. The number of hydrogen-bond acceptors (Lipinski definition) is 3. The highest BCUT2D eigenvalue weighted by molar-refractivity contribution is 5.02. The lowest BCUT2D eigenvalue weighted by Gasteiger charge is -2.26. The Morgan fingerprint density at radius 3 is 2.46 bits per heavy atom. The van der Waals surface area contributed by atoms with Gasteiger partial charge in [-0.3, -0.25) is 5.10 Å². The van der Waals surface area contributed by atoms with E-state index in [0.29, 0.717) is 0 Å². The minimum absolute atomic E-state index is 0.508. The number of alkyl halides is 3. The highest BCUT2D eigenvalue weighted by Crippen LogP contribution is 2.39. The second-order valence-electron chi connectivity index (χ2n) is 2.55. The number of halogens is 3. The predicted octanol–water partition coefficient (Wildman–Crippen LogP) is 0.965. The molecule has 74 valence electrons. The second kappa shape index (κ2) is 2.99. The Labute approximate surface area is 71.8 Å². The molecule has 1 aromatic rings. The maximum atomic E-state index is 12.3. The average molecular weight is 195 g/mol. The largest absolute Gasteiger partial charge is 0.424 e. The molecule has 13 heavy (non-hydrogen) atoms. The van der Waals surface area contributed by atoms with E-state index in [9.17, 15) is 18.3 Å². The minimum atomic E-state index is -4.75. The molecule has 0 aliphatic heterocycles. The van der Waals surface area contributed by atoms with Gasteiger partial charge in [-0.05, 0) is 6.42 Å². The summed E-state index contributed by atoms with van der Waals surface area (Å²) in [5, 5.41) is 14.5. The minimum Gasteiger partial charge on any atom is -0.374 e. The van der Waals surface area contributed by atoms with Gasteiger partial charge in [0.1, 0.15) is 6.33 Å². The summed E-state index contributed by atoms with van der Waals surface area (Å²) in [6.45, 7) is 1.22. The van der Waals surface area contributed by atoms with Gasteiger partial charge in [-0.1, -0.05) is 6.92 Å². The number of aliphatic hydroxyl groups is 1. The van der Waals surface area contributed by atoms with Gasteiger partial charge in [0.05, 0.1) is 0 Å². The quantitative estimate of drug-likeness (QED) is 0.738. The number of nitrogens with one attached hydrogen (secondary N) is 1. The first-order valence-electron chi connectivity index (χ1n) is 3.56. The Balaban J connectivity index is 3.09. The van der Waals surface area contributed by atoms with Crippen LogP contribution in [0.1, 0.15) is 19.2 Å². The Morgan fingerprint density at radius 2 is 2.15 bits per heavy atom. The van der Waals surface area contributed by atoms with E-state index in [2.05, 4.69) is 10.1 Å². The first kappa shape index (κ1) is 9.97. The lowest BCUT2D eigenvalue weighted by molar-refractivity contribution is -0.270. The molecule has 0 fully saturated rings. The number of hydrogen-bond donors (Lipinski definition) is 2. The molecular weight excluding hydrogens is 187 g/mol. The van der Waals surface area contributed by atoms with E-state index in [1.54, 1.807) is 0 Å². The lowest BCUT2D eigenvalue weighted by Crippen LogP contribution is -2.42. The highest BCUT2D eigenvalue weighted by atomic mass is 19.4. The second-order valence-corrected chi connectivity index (χ2v) is 2.55. The summed E-state index contributed by atoms with van der Waals surface area (Å²) in [6, 6.07) is 0. The molecule has 0 aromatic carbocycles. The monoisotopic (exact) mass is 195 g/mol. The van der Waals surface area contributed by atoms with Crippen molar-refractivity contribution in [3.8, 4) is 0 Å². The molecule has 0 radical (unpaired) electrons. The smallest absolute Gasteiger partial charge is 0.374 e. The van der Waals surface area contributed by atoms with Gasteiger partial charge in [-0.25, -0.2) is 4.98 Å². The van der Waals surface area contributed by atoms with Crippen LogP contribution in [0.15, 0.2) is 6.33 Å². The molecule has 4 nitrogen and oxygen atoms in total. The first-order valence-corrected chi connectivity index (χ1v) is 3.56. The van der Waals surface area contributed by atoms with Gasteiger partial charge in [0.25, 0.3) is 0 Å². The molecule has 0 amide bonds. The van der Waals surface area contributed by atoms with Crippen LogP contribution in [-0.4, -0.2) is 26.5 Å². The molecule has 0 saturated carbocycles. The fourth-order valence-corrected chi connectivity index (χ4v) is 0.907. The maximum absolute atomic E-state index is 12.3. The standard InChI is InChI=1S/C6H8F3N3O/c1-2-5(13,6(7,8)9)4-10-3-11-12-4/h3,13H,2H2,1H3,(H,10,11,12). The topological polar surface area (TPSA) is 61.8 Å². The molecule has 1 atom stereocenters. The summed E-state index contributed by atoms with van der Waals surface area (Å²) in [6.07, 6.45) is -4.34. The maximum Gasteiger partial charge on any atom is 0.424 e. The van der Waals surface area contributed by atoms with Crippen LogP contribution in [0.3, 0.4) is 0 Å². The fourth-order valence-electron chi connectivity index (χ4n) is 0.907. The molecular formula is C6H8F3N3O. The molecule has 0 aliphatic rings. The van der Waals surface area contributed by atoms with E-state index >= 15 is 0 Å². The van der Waals surface area contributed by atoms with Gasteiger partial charge in [0, 0.05) is 0 Å². The van der Waals surface area contributed by atoms with Crippen molar-refractivity contribution in [1.82, 2.24) is 15.2 Å². The van der Waals surface area contributed by atoms with Gasteiger partial charge in [-0.15, -0.1) is 0 Å². The molecule has 0 aliphatic carbocycles. The third-order valence-electron chi connectivity index (χ3n) is 1.79. The molecule has 1 heterocycles. The van der Waals surface area contributed by atoms with Crippen LogP contribution < -0.4 is 0 Å². The molecule has 1 unspecified atom stereocenters. The number of rotatable bonds is 2. The number of nitrogens with zero attached hydrogens (tertiary/aromatic N) is 2. The number of H-pyrrole nitrogens is 1. The van der Waals surface area contributed by atoms with E-state index in [-0.39, 0.29) is 0 Å². The van der Waals surface area contributed by atoms with Gasteiger partial charge in [0.2, 0.25) is 5.60 Å². The van der Waals surface area contributed by atoms with Crippen LogP contribution >= 0.6 is 0 Å². The van der Waals surface area contributed by atoms with Crippen LogP contribution in [0.5, 0.6) is 0 Å². The third kappa shape index (κ3) is 1.51. The molecule has 1 rings (SSSR count). The number of aromatic nitrogens is 3. The van der Waals surface area contributed by atoms with Gasteiger partial charge in [-0.2, -0.15) is 18.3 Å².